The fraction of sp³-hybridized carbons (Fsp3) is 0.185. The van der Waals surface area contributed by atoms with E-state index in [0.29, 0.717) is 33.3 Å². The Morgan fingerprint density at radius 1 is 0.971 bits per heavy atom. The summed E-state index contributed by atoms with van der Waals surface area (Å²) in [6.45, 7) is 1.51. The van der Waals surface area contributed by atoms with E-state index in [9.17, 15) is 13.6 Å². The zero-order chi connectivity index (χ0) is 25.4. The second-order valence-corrected chi connectivity index (χ2v) is 8.48. The van der Waals surface area contributed by atoms with Crippen LogP contribution in [0.4, 0.5) is 14.5 Å². The minimum Gasteiger partial charge on any atom is -0.462 e. The third kappa shape index (κ3) is 7.13. The summed E-state index contributed by atoms with van der Waals surface area (Å²) in [4.78, 5) is 16.9. The molecule has 2 N–H and O–H groups in total. The van der Waals surface area contributed by atoms with E-state index in [2.05, 4.69) is 4.99 Å². The zero-order valence-electron chi connectivity index (χ0n) is 19.0. The molecule has 0 aromatic heterocycles. The summed E-state index contributed by atoms with van der Waals surface area (Å²) in [6, 6.07) is 20.4. The van der Waals surface area contributed by atoms with E-state index in [4.69, 9.17) is 33.7 Å². The number of para-hydroxylation sites is 1. The lowest BCUT2D eigenvalue weighted by Gasteiger charge is -2.15. The molecule has 0 saturated carbocycles. The predicted octanol–water partition coefficient (Wildman–Crippen LogP) is 7.40. The van der Waals surface area contributed by atoms with Crippen LogP contribution in [0.2, 0.25) is 10.0 Å². The maximum absolute atomic E-state index is 14.1. The highest BCUT2D eigenvalue weighted by Gasteiger charge is 2.30. The number of allylic oxidation sites excluding steroid dienone is 2. The van der Waals surface area contributed by atoms with Crippen LogP contribution in [0.5, 0.6) is 0 Å². The zero-order valence-corrected chi connectivity index (χ0v) is 20.5. The first kappa shape index (κ1) is 26.4. The molecule has 0 fully saturated rings. The lowest BCUT2D eigenvalue weighted by atomic mass is 10.0. The largest absolute Gasteiger partial charge is 0.462 e. The number of carbonyl (C=O) groups excluding carboxylic acids is 1. The molecule has 8 heteroatoms. The number of alkyl halides is 2. The van der Waals surface area contributed by atoms with Crippen molar-refractivity contribution in [3.63, 3.8) is 0 Å². The van der Waals surface area contributed by atoms with Crippen molar-refractivity contribution < 1.29 is 18.3 Å². The molecule has 0 atom stereocenters. The van der Waals surface area contributed by atoms with Gasteiger partial charge in [0, 0.05) is 23.4 Å². The van der Waals surface area contributed by atoms with Crippen molar-refractivity contribution in [2.45, 2.75) is 25.7 Å². The van der Waals surface area contributed by atoms with Gasteiger partial charge in [0.25, 0.3) is 5.92 Å². The lowest BCUT2D eigenvalue weighted by Crippen LogP contribution is -2.25. The highest BCUT2D eigenvalue weighted by Crippen LogP contribution is 2.28. The molecule has 35 heavy (non-hydrogen) atoms. The van der Waals surface area contributed by atoms with Gasteiger partial charge in [-0.05, 0) is 42.0 Å². The topological polar surface area (TPSA) is 64.7 Å². The molecule has 3 aromatic carbocycles. The Kier molecular flexibility index (Phi) is 9.01. The quantitative estimate of drug-likeness (QED) is 0.238. The molecular weight excluding hydrogens is 493 g/mol. The minimum atomic E-state index is -3.19. The molecule has 4 nitrogen and oxygen atoms in total. The molecule has 0 aliphatic rings. The molecule has 0 bridgehead atoms. The van der Waals surface area contributed by atoms with Crippen LogP contribution in [-0.4, -0.2) is 24.2 Å². The number of rotatable bonds is 9. The molecule has 0 amide bonds. The molecule has 0 aliphatic carbocycles. The van der Waals surface area contributed by atoms with Gasteiger partial charge in [0.1, 0.15) is 0 Å². The summed E-state index contributed by atoms with van der Waals surface area (Å²) in [7, 11) is 0. The standard InChI is InChI=1S/C27H24Cl2F2N2O2/c1-2-27(30,31)25(32)17-24(33-23-10-6-5-9-22(23)29)19-11-13-20(14-12-19)26(34)35-16-15-18-7-3-4-8-21(18)28/h3-14,17H,2,15-16,32H2,1H3. The Balaban J connectivity index is 1.81. The summed E-state index contributed by atoms with van der Waals surface area (Å²) in [5.74, 6) is -3.70. The molecular formula is C27H24Cl2F2N2O2. The van der Waals surface area contributed by atoms with Gasteiger partial charge < -0.3 is 10.5 Å². The Bertz CT molecular complexity index is 1240. The lowest BCUT2D eigenvalue weighted by molar-refractivity contribution is 0.0361. The van der Waals surface area contributed by atoms with Crippen molar-refractivity contribution in [3.05, 3.63) is 111 Å². The third-order valence-corrected chi connectivity index (χ3v) is 5.92. The van der Waals surface area contributed by atoms with E-state index in [-0.39, 0.29) is 12.3 Å². The number of benzene rings is 3. The average molecular weight is 517 g/mol. The van der Waals surface area contributed by atoms with Crippen LogP contribution in [0.15, 0.2) is 89.6 Å². The van der Waals surface area contributed by atoms with Crippen LogP contribution in [0, 0.1) is 0 Å². The van der Waals surface area contributed by atoms with Crippen molar-refractivity contribution in [2.24, 2.45) is 10.7 Å². The number of hydrogen-bond donors (Lipinski definition) is 1. The number of nitrogens with zero attached hydrogens (tertiary/aromatic N) is 1. The highest BCUT2D eigenvalue weighted by molar-refractivity contribution is 6.33. The van der Waals surface area contributed by atoms with Crippen molar-refractivity contribution in [1.82, 2.24) is 0 Å². The minimum absolute atomic E-state index is 0.162. The number of hydrogen-bond acceptors (Lipinski definition) is 4. The Morgan fingerprint density at radius 2 is 1.57 bits per heavy atom. The Hall–Kier alpha value is -3.22. The molecule has 0 radical (unpaired) electrons. The van der Waals surface area contributed by atoms with Gasteiger partial charge in [-0.1, -0.05) is 72.6 Å². The van der Waals surface area contributed by atoms with Crippen LogP contribution in [-0.2, 0) is 11.2 Å². The van der Waals surface area contributed by atoms with Crippen LogP contribution >= 0.6 is 23.2 Å². The second-order valence-electron chi connectivity index (χ2n) is 7.66. The van der Waals surface area contributed by atoms with Crippen LogP contribution in [0.1, 0.15) is 34.8 Å². The maximum atomic E-state index is 14.1. The molecule has 0 spiro atoms. The summed E-state index contributed by atoms with van der Waals surface area (Å²) >= 11 is 12.3. The smallest absolute Gasteiger partial charge is 0.338 e. The molecule has 0 aliphatic heterocycles. The van der Waals surface area contributed by atoms with Crippen molar-refractivity contribution >= 4 is 40.6 Å². The van der Waals surface area contributed by atoms with Gasteiger partial charge in [-0.2, -0.15) is 8.78 Å². The van der Waals surface area contributed by atoms with Gasteiger partial charge in [-0.15, -0.1) is 0 Å². The summed E-state index contributed by atoms with van der Waals surface area (Å²) < 4.78 is 33.6. The van der Waals surface area contributed by atoms with Gasteiger partial charge in [0.05, 0.1) is 34.3 Å². The van der Waals surface area contributed by atoms with Crippen molar-refractivity contribution in [3.8, 4) is 0 Å². The highest BCUT2D eigenvalue weighted by atomic mass is 35.5. The fourth-order valence-corrected chi connectivity index (χ4v) is 3.53. The Morgan fingerprint density at radius 3 is 2.20 bits per heavy atom. The van der Waals surface area contributed by atoms with E-state index >= 15 is 0 Å². The van der Waals surface area contributed by atoms with Gasteiger partial charge >= 0.3 is 5.97 Å². The summed E-state index contributed by atoms with van der Waals surface area (Å²) in [5.41, 5.74) is 7.33. The van der Waals surface area contributed by atoms with Crippen LogP contribution in [0.3, 0.4) is 0 Å². The first-order chi connectivity index (χ1) is 16.7. The fourth-order valence-electron chi connectivity index (χ4n) is 3.12. The Labute approximate surface area is 213 Å². The molecule has 3 aromatic rings. The van der Waals surface area contributed by atoms with E-state index in [1.54, 1.807) is 42.5 Å². The number of carbonyl (C=O) groups is 1. The van der Waals surface area contributed by atoms with Crippen molar-refractivity contribution in [2.75, 3.05) is 6.61 Å². The average Bonchev–Trinajstić information content (AvgIpc) is 2.86. The monoisotopic (exact) mass is 516 g/mol. The molecule has 3 rings (SSSR count). The van der Waals surface area contributed by atoms with Crippen LogP contribution in [0.25, 0.3) is 0 Å². The van der Waals surface area contributed by atoms with Crippen molar-refractivity contribution in [1.29, 1.82) is 0 Å². The third-order valence-electron chi connectivity index (χ3n) is 5.23. The van der Waals surface area contributed by atoms with E-state index in [1.807, 2.05) is 18.2 Å². The number of ether oxygens (including phenoxy) is 1. The van der Waals surface area contributed by atoms with Gasteiger partial charge in [0.15, 0.2) is 0 Å². The molecule has 0 unspecified atom stereocenters. The summed E-state index contributed by atoms with van der Waals surface area (Å²) in [6.07, 6.45) is 1.16. The predicted molar refractivity (Wildman–Crippen MR) is 137 cm³/mol. The van der Waals surface area contributed by atoms with E-state index < -0.39 is 24.0 Å². The van der Waals surface area contributed by atoms with E-state index in [0.717, 1.165) is 11.6 Å². The number of nitrogens with two attached hydrogens (primary N) is 1. The normalized spacial score (nSPS) is 12.5. The molecule has 182 valence electrons. The number of esters is 1. The number of halogens is 4. The molecule has 0 heterocycles. The SMILES string of the molecule is CCC(F)(F)C(N)=CC(=Nc1ccccc1Cl)c1ccc(C(=O)OCCc2ccccc2Cl)cc1. The van der Waals surface area contributed by atoms with Gasteiger partial charge in [-0.3, -0.25) is 0 Å². The first-order valence-corrected chi connectivity index (χ1v) is 11.7. The second kappa shape index (κ2) is 12.0. The van der Waals surface area contributed by atoms with E-state index in [1.165, 1.54) is 19.1 Å². The number of aliphatic imine (C=N–C) groups is 1. The van der Waals surface area contributed by atoms with Gasteiger partial charge in [0.2, 0.25) is 0 Å². The maximum Gasteiger partial charge on any atom is 0.338 e. The first-order valence-electron chi connectivity index (χ1n) is 10.9. The molecule has 0 saturated heterocycles. The van der Waals surface area contributed by atoms with Crippen LogP contribution < -0.4 is 5.73 Å². The van der Waals surface area contributed by atoms with Gasteiger partial charge in [-0.25, -0.2) is 9.79 Å². The summed E-state index contributed by atoms with van der Waals surface area (Å²) in [5, 5.41) is 0.970.